The predicted octanol–water partition coefficient (Wildman–Crippen LogP) is 2.61. The summed E-state index contributed by atoms with van der Waals surface area (Å²) in [5, 5.41) is 3.98. The van der Waals surface area contributed by atoms with Crippen molar-refractivity contribution in [3.8, 4) is 0 Å². The Morgan fingerprint density at radius 3 is 2.92 bits per heavy atom. The average molecular weight is 354 g/mol. The van der Waals surface area contributed by atoms with Crippen LogP contribution >= 0.6 is 11.8 Å². The molecule has 1 saturated carbocycles. The van der Waals surface area contributed by atoms with Crippen molar-refractivity contribution >= 4 is 17.7 Å². The van der Waals surface area contributed by atoms with E-state index in [0.29, 0.717) is 17.5 Å². The van der Waals surface area contributed by atoms with E-state index >= 15 is 0 Å². The van der Waals surface area contributed by atoms with Crippen molar-refractivity contribution in [1.29, 1.82) is 0 Å². The summed E-state index contributed by atoms with van der Waals surface area (Å²) in [6.45, 7) is 0.985. The maximum absolute atomic E-state index is 12.8. The number of fused-ring (bicyclic) bond motifs is 1. The van der Waals surface area contributed by atoms with Gasteiger partial charge < -0.3 is 5.32 Å². The van der Waals surface area contributed by atoms with E-state index in [4.69, 9.17) is 0 Å². The van der Waals surface area contributed by atoms with E-state index in [2.05, 4.69) is 21.2 Å². The van der Waals surface area contributed by atoms with Crippen LogP contribution in [0.3, 0.4) is 0 Å². The van der Waals surface area contributed by atoms with Gasteiger partial charge in [0.25, 0.3) is 5.91 Å². The molecule has 3 N–H and O–H groups in total. The number of rotatable bonds is 4. The van der Waals surface area contributed by atoms with Gasteiger partial charge in [-0.1, -0.05) is 30.0 Å². The molecule has 2 heterocycles. The number of carbonyl (C=O) groups excluding carboxylic acids is 1. The molecule has 3 atom stereocenters. The number of aromatic nitrogens is 1. The molecule has 130 valence electrons. The number of nitrogens with one attached hydrogen (secondary N) is 3. The van der Waals surface area contributed by atoms with Crippen molar-refractivity contribution in [1.82, 2.24) is 21.2 Å². The van der Waals surface area contributed by atoms with E-state index in [9.17, 15) is 4.79 Å². The Morgan fingerprint density at radius 2 is 2.04 bits per heavy atom. The van der Waals surface area contributed by atoms with Crippen LogP contribution in [0.25, 0.3) is 0 Å². The highest BCUT2D eigenvalue weighted by atomic mass is 32.2. The fraction of sp³-hybridized carbons (Fsp3) is 0.368. The van der Waals surface area contributed by atoms with Gasteiger partial charge in [-0.3, -0.25) is 15.6 Å². The van der Waals surface area contributed by atoms with Gasteiger partial charge in [-0.15, -0.1) is 0 Å². The Kier molecular flexibility index (Phi) is 5.01. The highest BCUT2D eigenvalue weighted by Crippen LogP contribution is 2.30. The lowest BCUT2D eigenvalue weighted by Gasteiger charge is -2.31. The van der Waals surface area contributed by atoms with Gasteiger partial charge >= 0.3 is 0 Å². The minimum atomic E-state index is -0.0195. The largest absolute Gasteiger partial charge is 0.349 e. The molecule has 1 aliphatic carbocycles. The number of benzene rings is 1. The maximum atomic E-state index is 12.8. The number of carbonyl (C=O) groups is 1. The van der Waals surface area contributed by atoms with Crippen LogP contribution in [0.2, 0.25) is 0 Å². The molecule has 3 unspecified atom stereocenters. The van der Waals surface area contributed by atoms with Gasteiger partial charge in [0.2, 0.25) is 0 Å². The summed E-state index contributed by atoms with van der Waals surface area (Å²) >= 11 is 1.53. The molecule has 0 bridgehead atoms. The van der Waals surface area contributed by atoms with E-state index in [1.165, 1.54) is 11.8 Å². The van der Waals surface area contributed by atoms with Gasteiger partial charge in [-0.2, -0.15) is 0 Å². The van der Waals surface area contributed by atoms with Crippen LogP contribution in [-0.4, -0.2) is 29.5 Å². The van der Waals surface area contributed by atoms with E-state index in [0.717, 1.165) is 35.7 Å². The van der Waals surface area contributed by atoms with Crippen molar-refractivity contribution in [3.05, 3.63) is 54.2 Å². The lowest BCUT2D eigenvalue weighted by molar-refractivity contribution is 0.0914. The third-order valence-electron chi connectivity index (χ3n) is 4.94. The molecular formula is C19H22N4OS. The number of hydrogen-bond acceptors (Lipinski definition) is 5. The molecule has 5 nitrogen and oxygen atoms in total. The standard InChI is InChI=1S/C19H22N4OS/c24-18(22-14-8-9-17-13(11-14)12-21-23-17)16-7-4-10-20-19(16)25-15-5-2-1-3-6-15/h1-7,10,13-14,17,21,23H,8-9,11-12H2,(H,22,24). The van der Waals surface area contributed by atoms with E-state index in [1.54, 1.807) is 6.20 Å². The van der Waals surface area contributed by atoms with Crippen molar-refractivity contribution in [2.75, 3.05) is 6.54 Å². The maximum Gasteiger partial charge on any atom is 0.254 e. The molecule has 1 aromatic heterocycles. The van der Waals surface area contributed by atoms with E-state index in [1.807, 2.05) is 42.5 Å². The Morgan fingerprint density at radius 1 is 1.16 bits per heavy atom. The average Bonchev–Trinajstić information content (AvgIpc) is 3.11. The van der Waals surface area contributed by atoms with Gasteiger partial charge in [0.1, 0.15) is 5.03 Å². The molecule has 1 aliphatic heterocycles. The molecule has 25 heavy (non-hydrogen) atoms. The van der Waals surface area contributed by atoms with Crippen molar-refractivity contribution < 1.29 is 4.79 Å². The van der Waals surface area contributed by atoms with Gasteiger partial charge in [0, 0.05) is 29.7 Å². The monoisotopic (exact) mass is 354 g/mol. The lowest BCUT2D eigenvalue weighted by atomic mass is 9.83. The van der Waals surface area contributed by atoms with Crippen molar-refractivity contribution in [2.24, 2.45) is 5.92 Å². The van der Waals surface area contributed by atoms with Gasteiger partial charge in [0.15, 0.2) is 0 Å². The molecular weight excluding hydrogens is 332 g/mol. The van der Waals surface area contributed by atoms with Crippen molar-refractivity contribution in [2.45, 2.75) is 41.3 Å². The normalized spacial score (nSPS) is 25.4. The minimum absolute atomic E-state index is 0.0195. The van der Waals surface area contributed by atoms with Crippen LogP contribution in [0.15, 0.2) is 58.6 Å². The first-order valence-corrected chi connectivity index (χ1v) is 9.58. The molecule has 6 heteroatoms. The van der Waals surface area contributed by atoms with Crippen LogP contribution in [-0.2, 0) is 0 Å². The third kappa shape index (κ3) is 3.86. The zero-order valence-electron chi connectivity index (χ0n) is 13.9. The van der Waals surface area contributed by atoms with Gasteiger partial charge in [-0.25, -0.2) is 4.98 Å². The topological polar surface area (TPSA) is 66.1 Å². The van der Waals surface area contributed by atoms with E-state index < -0.39 is 0 Å². The smallest absolute Gasteiger partial charge is 0.254 e. The zero-order valence-corrected chi connectivity index (χ0v) is 14.8. The van der Waals surface area contributed by atoms with Gasteiger partial charge in [0.05, 0.1) is 5.56 Å². The number of hydrogen-bond donors (Lipinski definition) is 3. The quantitative estimate of drug-likeness (QED) is 0.788. The Hall–Kier alpha value is -1.89. The summed E-state index contributed by atoms with van der Waals surface area (Å²) in [6.07, 6.45) is 4.88. The molecule has 1 aromatic carbocycles. The summed E-state index contributed by atoms with van der Waals surface area (Å²) in [6, 6.07) is 14.5. The summed E-state index contributed by atoms with van der Waals surface area (Å²) in [5.41, 5.74) is 7.21. The Balaban J connectivity index is 1.45. The molecule has 2 fully saturated rings. The summed E-state index contributed by atoms with van der Waals surface area (Å²) in [4.78, 5) is 18.3. The van der Waals surface area contributed by atoms with Gasteiger partial charge in [-0.05, 0) is 49.4 Å². The molecule has 1 saturated heterocycles. The number of nitrogens with zero attached hydrogens (tertiary/aromatic N) is 1. The SMILES string of the molecule is O=C(NC1CCC2NNCC2C1)c1cccnc1Sc1ccccc1. The highest BCUT2D eigenvalue weighted by Gasteiger charge is 2.34. The number of amides is 1. The second-order valence-corrected chi connectivity index (χ2v) is 7.71. The summed E-state index contributed by atoms with van der Waals surface area (Å²) in [7, 11) is 0. The molecule has 0 radical (unpaired) electrons. The Bertz CT molecular complexity index is 739. The van der Waals surface area contributed by atoms with Crippen LogP contribution in [0, 0.1) is 5.92 Å². The second-order valence-electron chi connectivity index (χ2n) is 6.65. The molecule has 2 aromatic rings. The Labute approximate surface area is 152 Å². The van der Waals surface area contributed by atoms with E-state index in [-0.39, 0.29) is 11.9 Å². The number of pyridine rings is 1. The molecule has 4 rings (SSSR count). The predicted molar refractivity (Wildman–Crippen MR) is 98.3 cm³/mol. The molecule has 1 amide bonds. The minimum Gasteiger partial charge on any atom is -0.349 e. The van der Waals surface area contributed by atoms with Crippen LogP contribution in [0.5, 0.6) is 0 Å². The van der Waals surface area contributed by atoms with Crippen molar-refractivity contribution in [3.63, 3.8) is 0 Å². The van der Waals surface area contributed by atoms with Crippen LogP contribution in [0.4, 0.5) is 0 Å². The first-order chi connectivity index (χ1) is 12.3. The first kappa shape index (κ1) is 16.6. The second kappa shape index (κ2) is 7.56. The lowest BCUT2D eigenvalue weighted by Crippen LogP contribution is -2.44. The fourth-order valence-corrected chi connectivity index (χ4v) is 4.54. The zero-order chi connectivity index (χ0) is 17.1. The van der Waals surface area contributed by atoms with Crippen LogP contribution < -0.4 is 16.2 Å². The first-order valence-electron chi connectivity index (χ1n) is 8.77. The summed E-state index contributed by atoms with van der Waals surface area (Å²) in [5.74, 6) is 0.583. The molecule has 0 spiro atoms. The fourth-order valence-electron chi connectivity index (χ4n) is 3.64. The highest BCUT2D eigenvalue weighted by molar-refractivity contribution is 7.99. The number of hydrazine groups is 1. The summed E-state index contributed by atoms with van der Waals surface area (Å²) < 4.78 is 0. The molecule has 2 aliphatic rings. The van der Waals surface area contributed by atoms with Crippen LogP contribution in [0.1, 0.15) is 29.6 Å². The third-order valence-corrected chi connectivity index (χ3v) is 5.97.